The van der Waals surface area contributed by atoms with E-state index < -0.39 is 0 Å². The molecule has 0 aromatic carbocycles. The van der Waals surface area contributed by atoms with Crippen LogP contribution in [0.3, 0.4) is 0 Å². The van der Waals surface area contributed by atoms with Gasteiger partial charge in [0, 0.05) is 25.3 Å². The Balaban J connectivity index is 1.73. The third-order valence-corrected chi connectivity index (χ3v) is 5.71. The number of rotatable bonds is 8. The van der Waals surface area contributed by atoms with Gasteiger partial charge in [0.15, 0.2) is 27.3 Å². The van der Waals surface area contributed by atoms with E-state index in [1.807, 2.05) is 12.3 Å². The first kappa shape index (κ1) is 20.5. The van der Waals surface area contributed by atoms with Crippen LogP contribution in [0.4, 0.5) is 5.82 Å². The zero-order valence-corrected chi connectivity index (χ0v) is 18.5. The number of anilines is 1. The fourth-order valence-electron chi connectivity index (χ4n) is 3.37. The maximum atomic E-state index is 6.08. The van der Waals surface area contributed by atoms with E-state index >= 15 is 0 Å². The second kappa shape index (κ2) is 8.57. The lowest BCUT2D eigenvalue weighted by atomic mass is 10.2. The second-order valence-corrected chi connectivity index (χ2v) is 8.83. The number of aromatic nitrogens is 7. The standard InChI is InChI=1S/C20H27N9S/c1-12(2)9-23-7-8-28-18-16(17(21)24-11-25-18)27-19(28)30-20-26-14-5-6-22-10-15(14)29(20)13(3)4/h5-6,10-13,23H,7-9H2,1-4H3,(H2,21,24,25). The average molecular weight is 426 g/mol. The predicted molar refractivity (Wildman–Crippen MR) is 119 cm³/mol. The summed E-state index contributed by atoms with van der Waals surface area (Å²) < 4.78 is 4.27. The van der Waals surface area contributed by atoms with E-state index in [0.29, 0.717) is 17.3 Å². The van der Waals surface area contributed by atoms with Crippen LogP contribution in [0.15, 0.2) is 35.1 Å². The summed E-state index contributed by atoms with van der Waals surface area (Å²) in [6, 6.07) is 2.16. The number of nitrogens with one attached hydrogen (secondary N) is 1. The Morgan fingerprint density at radius 3 is 2.73 bits per heavy atom. The van der Waals surface area contributed by atoms with Crippen molar-refractivity contribution in [3.63, 3.8) is 0 Å². The van der Waals surface area contributed by atoms with Crippen LogP contribution in [0.1, 0.15) is 33.7 Å². The molecule has 0 saturated heterocycles. The lowest BCUT2D eigenvalue weighted by Gasteiger charge is -2.13. The molecule has 0 spiro atoms. The largest absolute Gasteiger partial charge is 0.382 e. The molecule has 9 nitrogen and oxygen atoms in total. The summed E-state index contributed by atoms with van der Waals surface area (Å²) in [6.07, 6.45) is 5.11. The van der Waals surface area contributed by atoms with Crippen molar-refractivity contribution in [3.05, 3.63) is 24.8 Å². The van der Waals surface area contributed by atoms with Gasteiger partial charge in [-0.2, -0.15) is 0 Å². The molecule has 4 heterocycles. The van der Waals surface area contributed by atoms with Gasteiger partial charge >= 0.3 is 0 Å². The van der Waals surface area contributed by atoms with Gasteiger partial charge in [-0.3, -0.25) is 4.98 Å². The SMILES string of the molecule is CC(C)CNCCn1c(Sc2nc3ccncc3n2C(C)C)nc2c(N)ncnc21. The summed E-state index contributed by atoms with van der Waals surface area (Å²) in [5.74, 6) is 0.980. The molecule has 4 aromatic heterocycles. The van der Waals surface area contributed by atoms with E-state index in [0.717, 1.165) is 46.6 Å². The van der Waals surface area contributed by atoms with Crippen LogP contribution in [0.5, 0.6) is 0 Å². The van der Waals surface area contributed by atoms with Crippen LogP contribution in [0.25, 0.3) is 22.2 Å². The first-order chi connectivity index (χ1) is 14.5. The number of nitrogen functional groups attached to an aromatic ring is 1. The lowest BCUT2D eigenvalue weighted by molar-refractivity contribution is 0.515. The van der Waals surface area contributed by atoms with Crippen LogP contribution < -0.4 is 11.1 Å². The summed E-state index contributed by atoms with van der Waals surface area (Å²) in [4.78, 5) is 22.4. The van der Waals surface area contributed by atoms with Gasteiger partial charge in [-0.15, -0.1) is 0 Å². The molecule has 4 rings (SSSR count). The highest BCUT2D eigenvalue weighted by Crippen LogP contribution is 2.34. The number of pyridine rings is 1. The molecule has 0 atom stereocenters. The van der Waals surface area contributed by atoms with E-state index in [2.05, 4.69) is 57.1 Å². The van der Waals surface area contributed by atoms with Crippen LogP contribution >= 0.6 is 11.8 Å². The number of nitrogens with two attached hydrogens (primary N) is 1. The third-order valence-electron chi connectivity index (χ3n) is 4.75. The van der Waals surface area contributed by atoms with E-state index in [1.165, 1.54) is 18.1 Å². The average Bonchev–Trinajstić information content (AvgIpc) is 3.24. The predicted octanol–water partition coefficient (Wildman–Crippen LogP) is 3.13. The van der Waals surface area contributed by atoms with Crippen molar-refractivity contribution in [2.75, 3.05) is 18.8 Å². The zero-order chi connectivity index (χ0) is 21.3. The Morgan fingerprint density at radius 1 is 1.13 bits per heavy atom. The Kier molecular flexibility index (Phi) is 5.87. The molecule has 10 heteroatoms. The molecule has 0 unspecified atom stereocenters. The van der Waals surface area contributed by atoms with E-state index in [4.69, 9.17) is 15.7 Å². The van der Waals surface area contributed by atoms with Crippen LogP contribution in [0.2, 0.25) is 0 Å². The fourth-order valence-corrected chi connectivity index (χ4v) is 4.51. The van der Waals surface area contributed by atoms with Crippen molar-refractivity contribution in [1.82, 2.24) is 39.4 Å². The van der Waals surface area contributed by atoms with Gasteiger partial charge in [0.05, 0.1) is 17.2 Å². The van der Waals surface area contributed by atoms with Crippen LogP contribution in [-0.2, 0) is 6.54 Å². The summed E-state index contributed by atoms with van der Waals surface area (Å²) in [6.45, 7) is 11.2. The van der Waals surface area contributed by atoms with Gasteiger partial charge in [0.1, 0.15) is 6.33 Å². The maximum Gasteiger partial charge on any atom is 0.178 e. The highest BCUT2D eigenvalue weighted by molar-refractivity contribution is 7.99. The molecule has 158 valence electrons. The lowest BCUT2D eigenvalue weighted by Crippen LogP contribution is -2.24. The van der Waals surface area contributed by atoms with Crippen molar-refractivity contribution >= 4 is 39.8 Å². The molecular formula is C20H27N9S. The smallest absolute Gasteiger partial charge is 0.178 e. The Hall–Kier alpha value is -2.72. The first-order valence-electron chi connectivity index (χ1n) is 10.1. The zero-order valence-electron chi connectivity index (χ0n) is 17.7. The number of fused-ring (bicyclic) bond motifs is 2. The second-order valence-electron chi connectivity index (χ2n) is 7.90. The van der Waals surface area contributed by atoms with Crippen LogP contribution in [0, 0.1) is 5.92 Å². The molecule has 0 fully saturated rings. The third kappa shape index (κ3) is 3.97. The minimum atomic E-state index is 0.233. The van der Waals surface area contributed by atoms with Gasteiger partial charge < -0.3 is 20.2 Å². The molecule has 4 aromatic rings. The van der Waals surface area contributed by atoms with Gasteiger partial charge in [-0.1, -0.05) is 13.8 Å². The Bertz CT molecular complexity index is 1160. The molecule has 30 heavy (non-hydrogen) atoms. The molecular weight excluding hydrogens is 398 g/mol. The minimum absolute atomic E-state index is 0.233. The monoisotopic (exact) mass is 425 g/mol. The van der Waals surface area contributed by atoms with Crippen molar-refractivity contribution in [2.24, 2.45) is 5.92 Å². The van der Waals surface area contributed by atoms with E-state index in [-0.39, 0.29) is 6.04 Å². The van der Waals surface area contributed by atoms with Crippen molar-refractivity contribution in [1.29, 1.82) is 0 Å². The quantitative estimate of drug-likeness (QED) is 0.414. The molecule has 0 saturated carbocycles. The van der Waals surface area contributed by atoms with Gasteiger partial charge in [-0.25, -0.2) is 19.9 Å². The Labute approximate surface area is 179 Å². The number of hydrogen-bond donors (Lipinski definition) is 2. The van der Waals surface area contributed by atoms with Crippen LogP contribution in [-0.4, -0.2) is 47.1 Å². The van der Waals surface area contributed by atoms with Crippen molar-refractivity contribution in [3.8, 4) is 0 Å². The molecule has 0 aliphatic rings. The van der Waals surface area contributed by atoms with Gasteiger partial charge in [-0.05, 0) is 44.1 Å². The first-order valence-corrected chi connectivity index (χ1v) is 10.9. The molecule has 0 amide bonds. The molecule has 0 radical (unpaired) electrons. The highest BCUT2D eigenvalue weighted by atomic mass is 32.2. The highest BCUT2D eigenvalue weighted by Gasteiger charge is 2.20. The Morgan fingerprint density at radius 2 is 1.97 bits per heavy atom. The summed E-state index contributed by atoms with van der Waals surface area (Å²) in [5.41, 5.74) is 9.38. The topological polar surface area (TPSA) is 112 Å². The fraction of sp³-hybridized carbons (Fsp3) is 0.450. The minimum Gasteiger partial charge on any atom is -0.382 e. The number of imidazole rings is 2. The molecule has 3 N–H and O–H groups in total. The molecule has 0 bridgehead atoms. The normalized spacial score (nSPS) is 12.1. The summed E-state index contributed by atoms with van der Waals surface area (Å²) >= 11 is 1.52. The van der Waals surface area contributed by atoms with Crippen molar-refractivity contribution in [2.45, 2.75) is 50.6 Å². The summed E-state index contributed by atoms with van der Waals surface area (Å²) in [5, 5.41) is 5.15. The number of hydrogen-bond acceptors (Lipinski definition) is 8. The van der Waals surface area contributed by atoms with Gasteiger partial charge in [0.25, 0.3) is 0 Å². The summed E-state index contributed by atoms with van der Waals surface area (Å²) in [7, 11) is 0. The van der Waals surface area contributed by atoms with E-state index in [1.54, 1.807) is 6.20 Å². The van der Waals surface area contributed by atoms with Gasteiger partial charge in [0.2, 0.25) is 0 Å². The van der Waals surface area contributed by atoms with Crippen molar-refractivity contribution < 1.29 is 0 Å². The van der Waals surface area contributed by atoms with E-state index in [9.17, 15) is 0 Å². The molecule has 0 aliphatic heterocycles. The molecule has 0 aliphatic carbocycles. The maximum absolute atomic E-state index is 6.08. The number of nitrogens with zero attached hydrogens (tertiary/aromatic N) is 7.